The van der Waals surface area contributed by atoms with Crippen LogP contribution >= 0.6 is 11.3 Å². The molecule has 0 unspecified atom stereocenters. The summed E-state index contributed by atoms with van der Waals surface area (Å²) in [5.74, 6) is -0.384. The van der Waals surface area contributed by atoms with Crippen LogP contribution in [0.1, 0.15) is 33.5 Å². The van der Waals surface area contributed by atoms with Crippen molar-refractivity contribution in [3.63, 3.8) is 0 Å². The summed E-state index contributed by atoms with van der Waals surface area (Å²) in [6.45, 7) is 2.11. The first-order chi connectivity index (χ1) is 9.22. The van der Waals surface area contributed by atoms with Crippen LogP contribution in [-0.2, 0) is 11.2 Å². The van der Waals surface area contributed by atoms with E-state index in [0.717, 1.165) is 10.6 Å². The molecule has 0 N–H and O–H groups in total. The number of nitriles is 1. The maximum absolute atomic E-state index is 11.5. The molecule has 0 radical (unpaired) electrons. The lowest BCUT2D eigenvalue weighted by molar-refractivity contribution is 0.0520. The second kappa shape index (κ2) is 6.12. The van der Waals surface area contributed by atoms with E-state index >= 15 is 0 Å². The van der Waals surface area contributed by atoms with Gasteiger partial charge in [-0.05, 0) is 24.6 Å². The number of thiazole rings is 1. The molecule has 2 aromatic rings. The van der Waals surface area contributed by atoms with Crippen LogP contribution in [0.4, 0.5) is 0 Å². The van der Waals surface area contributed by atoms with Crippen LogP contribution in [0, 0.1) is 11.3 Å². The summed E-state index contributed by atoms with van der Waals surface area (Å²) < 4.78 is 4.89. The first-order valence-electron chi connectivity index (χ1n) is 5.83. The van der Waals surface area contributed by atoms with E-state index in [9.17, 15) is 4.79 Å². The second-order valence-corrected chi connectivity index (χ2v) is 4.78. The molecule has 5 heteroatoms. The van der Waals surface area contributed by atoms with Crippen LogP contribution in [-0.4, -0.2) is 17.6 Å². The van der Waals surface area contributed by atoms with Crippen LogP contribution in [0.5, 0.6) is 0 Å². The van der Waals surface area contributed by atoms with Crippen molar-refractivity contribution in [2.75, 3.05) is 6.61 Å². The molecule has 96 valence electrons. The summed E-state index contributed by atoms with van der Waals surface area (Å²) in [5.41, 5.74) is 2.05. The van der Waals surface area contributed by atoms with Gasteiger partial charge in [-0.2, -0.15) is 5.26 Å². The predicted molar refractivity (Wildman–Crippen MR) is 72.0 cm³/mol. The van der Waals surface area contributed by atoms with E-state index in [2.05, 4.69) is 11.1 Å². The summed E-state index contributed by atoms with van der Waals surface area (Å²) in [5, 5.41) is 11.3. The van der Waals surface area contributed by atoms with Crippen molar-refractivity contribution in [2.24, 2.45) is 0 Å². The molecule has 4 nitrogen and oxygen atoms in total. The lowest BCUT2D eigenvalue weighted by Crippen LogP contribution is -2.05. The second-order valence-electron chi connectivity index (χ2n) is 3.83. The highest BCUT2D eigenvalue weighted by Crippen LogP contribution is 2.16. The van der Waals surface area contributed by atoms with Crippen molar-refractivity contribution in [3.8, 4) is 6.07 Å². The molecule has 0 bridgehead atoms. The highest BCUT2D eigenvalue weighted by molar-refractivity contribution is 7.09. The van der Waals surface area contributed by atoms with E-state index < -0.39 is 0 Å². The molecular weight excluding hydrogens is 260 g/mol. The summed E-state index contributed by atoms with van der Waals surface area (Å²) in [7, 11) is 0. The van der Waals surface area contributed by atoms with Crippen molar-refractivity contribution >= 4 is 17.3 Å². The van der Waals surface area contributed by atoms with Gasteiger partial charge >= 0.3 is 5.97 Å². The number of esters is 1. The Labute approximate surface area is 115 Å². The molecule has 0 amide bonds. The Morgan fingerprint density at radius 3 is 2.79 bits per heavy atom. The zero-order valence-corrected chi connectivity index (χ0v) is 11.2. The first kappa shape index (κ1) is 13.2. The molecule has 2 rings (SSSR count). The van der Waals surface area contributed by atoms with Gasteiger partial charge in [0.25, 0.3) is 0 Å². The molecule has 0 aliphatic heterocycles. The molecular formula is C14H12N2O2S. The van der Waals surface area contributed by atoms with Crippen LogP contribution < -0.4 is 0 Å². The van der Waals surface area contributed by atoms with Gasteiger partial charge in [0.15, 0.2) is 5.69 Å². The van der Waals surface area contributed by atoms with Gasteiger partial charge in [-0.3, -0.25) is 0 Å². The minimum Gasteiger partial charge on any atom is -0.461 e. The quantitative estimate of drug-likeness (QED) is 0.803. The number of hydrogen-bond donors (Lipinski definition) is 0. The number of carbonyl (C=O) groups excluding carboxylic acids is 1. The summed E-state index contributed by atoms with van der Waals surface area (Å²) in [6, 6.07) is 9.41. The molecule has 1 aromatic carbocycles. The van der Waals surface area contributed by atoms with Crippen LogP contribution in [0.25, 0.3) is 0 Å². The topological polar surface area (TPSA) is 63.0 Å². The number of carbonyl (C=O) groups is 1. The van der Waals surface area contributed by atoms with E-state index in [4.69, 9.17) is 10.00 Å². The normalized spacial score (nSPS) is 9.89. The summed E-state index contributed by atoms with van der Waals surface area (Å²) in [6.07, 6.45) is 0.649. The Morgan fingerprint density at radius 2 is 2.16 bits per heavy atom. The third-order valence-corrected chi connectivity index (χ3v) is 3.32. The molecule has 0 aliphatic carbocycles. The minimum atomic E-state index is -0.384. The lowest BCUT2D eigenvalue weighted by atomic mass is 10.1. The first-order valence-corrected chi connectivity index (χ1v) is 6.71. The van der Waals surface area contributed by atoms with Crippen LogP contribution in [0.3, 0.4) is 0 Å². The highest BCUT2D eigenvalue weighted by atomic mass is 32.1. The van der Waals surface area contributed by atoms with Gasteiger partial charge in [0.05, 0.1) is 23.2 Å². The molecule has 0 spiro atoms. The Kier molecular flexibility index (Phi) is 4.26. The minimum absolute atomic E-state index is 0.349. The fraction of sp³-hybridized carbons (Fsp3) is 0.214. The fourth-order valence-electron chi connectivity index (χ4n) is 1.56. The highest BCUT2D eigenvalue weighted by Gasteiger charge is 2.11. The SMILES string of the molecule is CCOC(=O)c1csc(Cc2ccc(C#N)cc2)n1. The van der Waals surface area contributed by atoms with Crippen LogP contribution in [0.2, 0.25) is 0 Å². The van der Waals surface area contributed by atoms with Gasteiger partial charge in [-0.15, -0.1) is 11.3 Å². The fourth-order valence-corrected chi connectivity index (χ4v) is 2.36. The van der Waals surface area contributed by atoms with E-state index in [0.29, 0.717) is 24.3 Å². The molecule has 1 aromatic heterocycles. The number of aromatic nitrogens is 1. The molecule has 0 aliphatic rings. The van der Waals surface area contributed by atoms with E-state index in [1.807, 2.05) is 12.1 Å². The molecule has 0 atom stereocenters. The van der Waals surface area contributed by atoms with Crippen molar-refractivity contribution in [1.29, 1.82) is 5.26 Å². The van der Waals surface area contributed by atoms with E-state index in [1.54, 1.807) is 24.4 Å². The third kappa shape index (κ3) is 3.39. The maximum Gasteiger partial charge on any atom is 0.357 e. The molecule has 0 saturated carbocycles. The Morgan fingerprint density at radius 1 is 1.42 bits per heavy atom. The largest absolute Gasteiger partial charge is 0.461 e. The summed E-state index contributed by atoms with van der Waals surface area (Å²) in [4.78, 5) is 15.7. The Hall–Kier alpha value is -2.19. The van der Waals surface area contributed by atoms with Gasteiger partial charge in [0.2, 0.25) is 0 Å². The predicted octanol–water partition coefficient (Wildman–Crippen LogP) is 2.78. The lowest BCUT2D eigenvalue weighted by Gasteiger charge is -1.98. The number of rotatable bonds is 4. The van der Waals surface area contributed by atoms with Gasteiger partial charge in [0, 0.05) is 11.8 Å². The Bertz CT molecular complexity index is 611. The number of benzene rings is 1. The zero-order chi connectivity index (χ0) is 13.7. The Balaban J connectivity index is 2.07. The number of nitrogens with zero attached hydrogens (tertiary/aromatic N) is 2. The van der Waals surface area contributed by atoms with Gasteiger partial charge in [0.1, 0.15) is 0 Å². The number of hydrogen-bond acceptors (Lipinski definition) is 5. The van der Waals surface area contributed by atoms with Crippen molar-refractivity contribution in [2.45, 2.75) is 13.3 Å². The van der Waals surface area contributed by atoms with Crippen molar-refractivity contribution in [1.82, 2.24) is 4.98 Å². The number of ether oxygens (including phenoxy) is 1. The van der Waals surface area contributed by atoms with Crippen molar-refractivity contribution in [3.05, 3.63) is 51.5 Å². The average molecular weight is 272 g/mol. The van der Waals surface area contributed by atoms with Crippen LogP contribution in [0.15, 0.2) is 29.6 Å². The van der Waals surface area contributed by atoms with E-state index in [1.165, 1.54) is 11.3 Å². The molecule has 0 saturated heterocycles. The van der Waals surface area contributed by atoms with Gasteiger partial charge < -0.3 is 4.74 Å². The van der Waals surface area contributed by atoms with E-state index in [-0.39, 0.29) is 5.97 Å². The molecule has 19 heavy (non-hydrogen) atoms. The summed E-state index contributed by atoms with van der Waals surface area (Å²) >= 11 is 1.43. The zero-order valence-electron chi connectivity index (χ0n) is 10.4. The maximum atomic E-state index is 11.5. The van der Waals surface area contributed by atoms with Gasteiger partial charge in [-0.25, -0.2) is 9.78 Å². The van der Waals surface area contributed by atoms with Crippen molar-refractivity contribution < 1.29 is 9.53 Å². The monoisotopic (exact) mass is 272 g/mol. The third-order valence-electron chi connectivity index (χ3n) is 2.47. The van der Waals surface area contributed by atoms with Gasteiger partial charge in [-0.1, -0.05) is 12.1 Å². The average Bonchev–Trinajstić information content (AvgIpc) is 2.88. The molecule has 0 fully saturated rings. The smallest absolute Gasteiger partial charge is 0.357 e. The standard InChI is InChI=1S/C14H12N2O2S/c1-2-18-14(17)12-9-19-13(16-12)7-10-3-5-11(8-15)6-4-10/h3-6,9H,2,7H2,1H3. The molecule has 1 heterocycles.